The van der Waals surface area contributed by atoms with E-state index >= 15 is 4.39 Å². The first-order valence-corrected chi connectivity index (χ1v) is 13.7. The summed E-state index contributed by atoms with van der Waals surface area (Å²) in [4.78, 5) is 26.9. The molecule has 2 fully saturated rings. The lowest BCUT2D eigenvalue weighted by atomic mass is 9.67. The molecule has 9 heteroatoms. The highest BCUT2D eigenvalue weighted by atomic mass is 19.4. The fourth-order valence-electron chi connectivity index (χ4n) is 7.51. The predicted octanol–water partition coefficient (Wildman–Crippen LogP) is 6.69. The van der Waals surface area contributed by atoms with Gasteiger partial charge in [-0.15, -0.1) is 0 Å². The first-order chi connectivity index (χ1) is 18.6. The van der Waals surface area contributed by atoms with Crippen LogP contribution in [0.2, 0.25) is 0 Å². The number of hydrogen-bond donors (Lipinski definition) is 1. The van der Waals surface area contributed by atoms with Gasteiger partial charge in [-0.05, 0) is 84.7 Å². The second kappa shape index (κ2) is 9.55. The van der Waals surface area contributed by atoms with Crippen molar-refractivity contribution < 1.29 is 36.6 Å². The highest BCUT2D eigenvalue weighted by molar-refractivity contribution is 5.80. The molecule has 1 heterocycles. The average molecular weight is 564 g/mol. The van der Waals surface area contributed by atoms with E-state index in [4.69, 9.17) is 0 Å². The molecule has 3 atom stereocenters. The van der Waals surface area contributed by atoms with Crippen molar-refractivity contribution in [3.63, 3.8) is 0 Å². The summed E-state index contributed by atoms with van der Waals surface area (Å²) in [7, 11) is 0. The molecule has 0 bridgehead atoms. The number of amides is 1. The van der Waals surface area contributed by atoms with Gasteiger partial charge in [-0.25, -0.2) is 8.78 Å². The van der Waals surface area contributed by atoms with Gasteiger partial charge in [0.15, 0.2) is 0 Å². The molecule has 1 aliphatic heterocycles. The van der Waals surface area contributed by atoms with Gasteiger partial charge in [-0.2, -0.15) is 13.2 Å². The van der Waals surface area contributed by atoms with E-state index in [1.165, 1.54) is 24.3 Å². The molecule has 2 aromatic carbocycles. The van der Waals surface area contributed by atoms with Crippen molar-refractivity contribution in [3.8, 4) is 0 Å². The van der Waals surface area contributed by atoms with E-state index in [1.807, 2.05) is 18.7 Å². The fourth-order valence-corrected chi connectivity index (χ4v) is 7.51. The predicted molar refractivity (Wildman–Crippen MR) is 139 cm³/mol. The Bertz CT molecular complexity index is 1310. The number of hydrogen-bond acceptors (Lipinski definition) is 2. The number of fused-ring (bicyclic) bond motifs is 3. The quantitative estimate of drug-likeness (QED) is 0.413. The number of benzene rings is 2. The van der Waals surface area contributed by atoms with Crippen LogP contribution in [0.4, 0.5) is 22.0 Å². The molecule has 0 radical (unpaired) electrons. The number of carbonyl (C=O) groups excluding carboxylic acids is 1. The monoisotopic (exact) mass is 563 g/mol. The minimum Gasteiger partial charge on any atom is -0.481 e. The van der Waals surface area contributed by atoms with Crippen molar-refractivity contribution in [2.24, 2.45) is 17.8 Å². The molecule has 0 aromatic heterocycles. The number of alkyl halides is 4. The van der Waals surface area contributed by atoms with Crippen LogP contribution in [0.1, 0.15) is 68.7 Å². The van der Waals surface area contributed by atoms with Crippen LogP contribution < -0.4 is 0 Å². The molecule has 1 N–H and O–H groups in total. The molecule has 216 valence electrons. The summed E-state index contributed by atoms with van der Waals surface area (Å²) in [6, 6.07) is 10.2. The van der Waals surface area contributed by atoms with Crippen LogP contribution in [0, 0.1) is 23.6 Å². The second-order valence-electron chi connectivity index (χ2n) is 12.6. The summed E-state index contributed by atoms with van der Waals surface area (Å²) in [6.45, 7) is 5.10. The maximum absolute atomic E-state index is 15.0. The standard InChI is InChI=1S/C31H34F5NO3/c1-28(2)24-14-21(29(3,33)31(34,35)36)10-13-23(24)30(15-18-4-11-22(32)12-5-18)17-37(16-25(28)30)26(38)19-6-8-20(9-7-19)27(39)40/h4-5,10-14,19-20,25H,6-9,15-17H2,1-3H3,(H,39,40). The normalized spacial score (nSPS) is 29.0. The number of aliphatic carboxylic acids is 1. The van der Waals surface area contributed by atoms with E-state index in [2.05, 4.69) is 0 Å². The van der Waals surface area contributed by atoms with Gasteiger partial charge in [0.05, 0.1) is 5.92 Å². The molecule has 5 rings (SSSR count). The average Bonchev–Trinajstić information content (AvgIpc) is 3.36. The molecule has 40 heavy (non-hydrogen) atoms. The number of carboxylic acids is 1. The Morgan fingerprint density at radius 3 is 2.12 bits per heavy atom. The molecule has 1 saturated heterocycles. The van der Waals surface area contributed by atoms with Gasteiger partial charge in [0.2, 0.25) is 11.6 Å². The third kappa shape index (κ3) is 4.49. The summed E-state index contributed by atoms with van der Waals surface area (Å²) >= 11 is 0. The highest BCUT2D eigenvalue weighted by Crippen LogP contribution is 2.60. The Balaban J connectivity index is 1.53. The Morgan fingerprint density at radius 2 is 1.55 bits per heavy atom. The Labute approximate surface area is 230 Å². The summed E-state index contributed by atoms with van der Waals surface area (Å²) in [5, 5.41) is 9.33. The summed E-state index contributed by atoms with van der Waals surface area (Å²) in [6.07, 6.45) is -2.75. The molecule has 1 saturated carbocycles. The van der Waals surface area contributed by atoms with Gasteiger partial charge in [0.1, 0.15) is 5.82 Å². The fraction of sp³-hybridized carbons (Fsp3) is 0.548. The van der Waals surface area contributed by atoms with Crippen molar-refractivity contribution in [2.75, 3.05) is 13.1 Å². The van der Waals surface area contributed by atoms with E-state index in [9.17, 15) is 32.3 Å². The lowest BCUT2D eigenvalue weighted by Crippen LogP contribution is -2.40. The lowest BCUT2D eigenvalue weighted by molar-refractivity contribution is -0.228. The first-order valence-electron chi connectivity index (χ1n) is 13.7. The van der Waals surface area contributed by atoms with Gasteiger partial charge in [-0.1, -0.05) is 44.2 Å². The molecule has 1 amide bonds. The number of carboxylic acid groups (broad SMARTS) is 1. The molecule has 2 aromatic rings. The van der Waals surface area contributed by atoms with Crippen LogP contribution in [-0.2, 0) is 32.5 Å². The third-order valence-corrected chi connectivity index (χ3v) is 9.91. The minimum absolute atomic E-state index is 0.0286. The molecule has 2 aliphatic carbocycles. The van der Waals surface area contributed by atoms with Crippen molar-refractivity contribution in [1.29, 1.82) is 0 Å². The van der Waals surface area contributed by atoms with Crippen molar-refractivity contribution in [1.82, 2.24) is 4.90 Å². The number of rotatable bonds is 5. The SMILES string of the molecule is CC1(C)c2cc(C(C)(F)C(F)(F)F)ccc2C2(Cc3ccc(F)cc3)CN(C(=O)C3CCC(C(=O)O)CC3)CC12. The van der Waals surface area contributed by atoms with Gasteiger partial charge in [-0.3, -0.25) is 9.59 Å². The Hall–Kier alpha value is -2.97. The lowest BCUT2D eigenvalue weighted by Gasteiger charge is -2.34. The summed E-state index contributed by atoms with van der Waals surface area (Å²) in [5.74, 6) is -2.15. The molecule has 4 nitrogen and oxygen atoms in total. The van der Waals surface area contributed by atoms with Gasteiger partial charge in [0, 0.05) is 24.4 Å². The maximum atomic E-state index is 15.0. The van der Waals surface area contributed by atoms with Crippen LogP contribution in [-0.4, -0.2) is 41.1 Å². The molecule has 3 aliphatic rings. The third-order valence-electron chi connectivity index (χ3n) is 9.91. The van der Waals surface area contributed by atoms with Crippen molar-refractivity contribution >= 4 is 11.9 Å². The summed E-state index contributed by atoms with van der Waals surface area (Å²) in [5.41, 5.74) is -3.04. The highest BCUT2D eigenvalue weighted by Gasteiger charge is 2.62. The zero-order chi connectivity index (χ0) is 29.3. The zero-order valence-corrected chi connectivity index (χ0v) is 22.8. The second-order valence-corrected chi connectivity index (χ2v) is 12.6. The zero-order valence-electron chi connectivity index (χ0n) is 22.8. The molecule has 3 unspecified atom stereocenters. The van der Waals surface area contributed by atoms with Crippen molar-refractivity contribution in [3.05, 3.63) is 70.5 Å². The number of likely N-dealkylation sites (tertiary alicyclic amines) is 1. The largest absolute Gasteiger partial charge is 0.481 e. The Kier molecular flexibility index (Phi) is 6.82. The molecular formula is C31H34F5NO3. The number of nitrogens with zero attached hydrogens (tertiary/aromatic N) is 1. The summed E-state index contributed by atoms with van der Waals surface area (Å²) < 4.78 is 69.5. The smallest absolute Gasteiger partial charge is 0.426 e. The molecule has 0 spiro atoms. The minimum atomic E-state index is -5.07. The van der Waals surface area contributed by atoms with E-state index in [1.54, 1.807) is 18.2 Å². The van der Waals surface area contributed by atoms with Crippen LogP contribution in [0.5, 0.6) is 0 Å². The van der Waals surface area contributed by atoms with Crippen LogP contribution >= 0.6 is 0 Å². The van der Waals surface area contributed by atoms with Crippen LogP contribution in [0.25, 0.3) is 0 Å². The topological polar surface area (TPSA) is 57.6 Å². The number of halogens is 5. The van der Waals surface area contributed by atoms with Gasteiger partial charge >= 0.3 is 12.1 Å². The first kappa shape index (κ1) is 28.6. The van der Waals surface area contributed by atoms with Crippen LogP contribution in [0.3, 0.4) is 0 Å². The van der Waals surface area contributed by atoms with Crippen LogP contribution in [0.15, 0.2) is 42.5 Å². The van der Waals surface area contributed by atoms with E-state index in [-0.39, 0.29) is 23.6 Å². The van der Waals surface area contributed by atoms with E-state index in [0.29, 0.717) is 57.7 Å². The number of carbonyl (C=O) groups is 2. The van der Waals surface area contributed by atoms with Gasteiger partial charge < -0.3 is 10.0 Å². The van der Waals surface area contributed by atoms with Crippen molar-refractivity contribution in [2.45, 2.75) is 75.6 Å². The van der Waals surface area contributed by atoms with E-state index in [0.717, 1.165) is 11.1 Å². The van der Waals surface area contributed by atoms with Gasteiger partial charge in [0.25, 0.3) is 0 Å². The Morgan fingerprint density at radius 1 is 0.950 bits per heavy atom. The van der Waals surface area contributed by atoms with E-state index < -0.39 is 40.1 Å². The molecular weight excluding hydrogens is 529 g/mol. The maximum Gasteiger partial charge on any atom is 0.426 e.